The summed E-state index contributed by atoms with van der Waals surface area (Å²) in [5, 5.41) is -0.0696. The average molecular weight is 192 g/mol. The van der Waals surface area contributed by atoms with Gasteiger partial charge in [-0.2, -0.15) is 0 Å². The fourth-order valence-corrected chi connectivity index (χ4v) is 1.10. The highest BCUT2D eigenvalue weighted by Crippen LogP contribution is 2.19. The summed E-state index contributed by atoms with van der Waals surface area (Å²) in [5.41, 5.74) is 5.56. The van der Waals surface area contributed by atoms with Crippen LogP contribution in [0.1, 0.15) is 5.56 Å². The Bertz CT molecular complexity index is 289. The van der Waals surface area contributed by atoms with E-state index in [1.807, 2.05) is 0 Å². The molecule has 0 aliphatic rings. The first-order valence-electron chi connectivity index (χ1n) is 3.48. The SMILES string of the molecule is NCCc1cc(Cl)c(F)cc1F. The minimum Gasteiger partial charge on any atom is -0.330 e. The van der Waals surface area contributed by atoms with Crippen LogP contribution in [0.25, 0.3) is 0 Å². The van der Waals surface area contributed by atoms with E-state index >= 15 is 0 Å². The maximum Gasteiger partial charge on any atom is 0.144 e. The molecule has 1 nitrogen and oxygen atoms in total. The summed E-state index contributed by atoms with van der Waals surface area (Å²) in [5.74, 6) is -1.34. The number of hydrogen-bond donors (Lipinski definition) is 1. The molecule has 0 saturated carbocycles. The molecule has 1 rings (SSSR count). The summed E-state index contributed by atoms with van der Waals surface area (Å²) < 4.78 is 25.5. The van der Waals surface area contributed by atoms with Crippen LogP contribution in [0.2, 0.25) is 5.02 Å². The first kappa shape index (κ1) is 9.42. The molecule has 0 unspecified atom stereocenters. The molecule has 0 aliphatic carbocycles. The van der Waals surface area contributed by atoms with Gasteiger partial charge >= 0.3 is 0 Å². The second-order valence-corrected chi connectivity index (χ2v) is 2.80. The van der Waals surface area contributed by atoms with Crippen molar-refractivity contribution >= 4 is 11.6 Å². The Morgan fingerprint density at radius 2 is 1.92 bits per heavy atom. The lowest BCUT2D eigenvalue weighted by molar-refractivity contribution is 0.572. The monoisotopic (exact) mass is 191 g/mol. The van der Waals surface area contributed by atoms with Crippen LogP contribution in [0.4, 0.5) is 8.78 Å². The molecule has 0 amide bonds. The van der Waals surface area contributed by atoms with Crippen LogP contribution in [-0.4, -0.2) is 6.54 Å². The Hall–Kier alpha value is -0.670. The van der Waals surface area contributed by atoms with Crippen LogP contribution in [0.5, 0.6) is 0 Å². The maximum absolute atomic E-state index is 12.9. The zero-order valence-corrected chi connectivity index (χ0v) is 7.04. The molecule has 0 heterocycles. The fraction of sp³-hybridized carbons (Fsp3) is 0.250. The molecular weight excluding hydrogens is 184 g/mol. The Labute approximate surface area is 74.1 Å². The van der Waals surface area contributed by atoms with Crippen molar-refractivity contribution in [2.24, 2.45) is 5.73 Å². The predicted molar refractivity (Wildman–Crippen MR) is 44.1 cm³/mol. The van der Waals surface area contributed by atoms with Crippen molar-refractivity contribution in [2.45, 2.75) is 6.42 Å². The van der Waals surface area contributed by atoms with E-state index in [1.54, 1.807) is 0 Å². The fourth-order valence-electron chi connectivity index (χ4n) is 0.911. The molecule has 2 N–H and O–H groups in total. The molecule has 0 radical (unpaired) electrons. The second-order valence-electron chi connectivity index (χ2n) is 2.40. The summed E-state index contributed by atoms with van der Waals surface area (Å²) in [6.07, 6.45) is 0.367. The van der Waals surface area contributed by atoms with Crippen LogP contribution in [0.15, 0.2) is 12.1 Å². The van der Waals surface area contributed by atoms with Crippen LogP contribution in [-0.2, 0) is 6.42 Å². The van der Waals surface area contributed by atoms with Gasteiger partial charge in [0.25, 0.3) is 0 Å². The molecule has 0 saturated heterocycles. The molecule has 0 aliphatic heterocycles. The van der Waals surface area contributed by atoms with E-state index in [9.17, 15) is 8.78 Å². The molecule has 0 atom stereocenters. The van der Waals surface area contributed by atoms with Gasteiger partial charge in [-0.05, 0) is 24.6 Å². The highest BCUT2D eigenvalue weighted by molar-refractivity contribution is 6.30. The average Bonchev–Trinajstić information content (AvgIpc) is 2.01. The van der Waals surface area contributed by atoms with E-state index in [-0.39, 0.29) is 5.02 Å². The molecular formula is C8H8ClF2N. The predicted octanol–water partition coefficient (Wildman–Crippen LogP) is 2.12. The van der Waals surface area contributed by atoms with Crippen LogP contribution < -0.4 is 5.73 Å². The van der Waals surface area contributed by atoms with Crippen molar-refractivity contribution in [3.05, 3.63) is 34.4 Å². The summed E-state index contributed by atoms with van der Waals surface area (Å²) in [6, 6.07) is 2.03. The smallest absolute Gasteiger partial charge is 0.144 e. The summed E-state index contributed by atoms with van der Waals surface area (Å²) in [4.78, 5) is 0. The van der Waals surface area contributed by atoms with E-state index in [0.717, 1.165) is 6.07 Å². The van der Waals surface area contributed by atoms with Crippen molar-refractivity contribution in [2.75, 3.05) is 6.54 Å². The molecule has 0 aromatic heterocycles. The molecule has 1 aromatic rings. The van der Waals surface area contributed by atoms with Crippen molar-refractivity contribution in [1.29, 1.82) is 0 Å². The van der Waals surface area contributed by atoms with Gasteiger partial charge in [0.1, 0.15) is 11.6 Å². The Morgan fingerprint density at radius 1 is 1.25 bits per heavy atom. The van der Waals surface area contributed by atoms with Crippen LogP contribution >= 0.6 is 11.6 Å². The Kier molecular flexibility index (Phi) is 3.00. The van der Waals surface area contributed by atoms with Crippen molar-refractivity contribution in [3.63, 3.8) is 0 Å². The van der Waals surface area contributed by atoms with Crippen LogP contribution in [0, 0.1) is 11.6 Å². The molecule has 66 valence electrons. The highest BCUT2D eigenvalue weighted by atomic mass is 35.5. The zero-order valence-electron chi connectivity index (χ0n) is 6.28. The van der Waals surface area contributed by atoms with E-state index < -0.39 is 11.6 Å². The van der Waals surface area contributed by atoms with Gasteiger partial charge < -0.3 is 5.73 Å². The number of nitrogens with two attached hydrogens (primary N) is 1. The second kappa shape index (κ2) is 3.83. The molecule has 0 fully saturated rings. The topological polar surface area (TPSA) is 26.0 Å². The van der Waals surface area contributed by atoms with E-state index in [1.165, 1.54) is 6.07 Å². The van der Waals surface area contributed by atoms with Gasteiger partial charge in [0.15, 0.2) is 0 Å². The van der Waals surface area contributed by atoms with Gasteiger partial charge in [-0.3, -0.25) is 0 Å². The minimum atomic E-state index is -0.741. The lowest BCUT2D eigenvalue weighted by atomic mass is 10.1. The molecule has 4 heteroatoms. The number of rotatable bonds is 2. The summed E-state index contributed by atoms with van der Waals surface area (Å²) >= 11 is 5.44. The van der Waals surface area contributed by atoms with Gasteiger partial charge in [0.05, 0.1) is 5.02 Å². The standard InChI is InChI=1S/C8H8ClF2N/c9-6-3-5(1-2-12)7(10)4-8(6)11/h3-4H,1-2,12H2. The normalized spacial score (nSPS) is 10.3. The quantitative estimate of drug-likeness (QED) is 0.712. The first-order valence-corrected chi connectivity index (χ1v) is 3.86. The molecule has 0 spiro atoms. The number of halogens is 3. The Balaban J connectivity index is 3.05. The molecule has 12 heavy (non-hydrogen) atoms. The van der Waals surface area contributed by atoms with E-state index in [0.29, 0.717) is 18.5 Å². The van der Waals surface area contributed by atoms with Crippen molar-refractivity contribution in [1.82, 2.24) is 0 Å². The summed E-state index contributed by atoms with van der Waals surface area (Å²) in [6.45, 7) is 0.318. The largest absolute Gasteiger partial charge is 0.330 e. The summed E-state index contributed by atoms with van der Waals surface area (Å²) in [7, 11) is 0. The molecule has 1 aromatic carbocycles. The van der Waals surface area contributed by atoms with Gasteiger partial charge in [-0.1, -0.05) is 11.6 Å². The zero-order chi connectivity index (χ0) is 9.14. The third kappa shape index (κ3) is 1.93. The Morgan fingerprint density at radius 3 is 2.50 bits per heavy atom. The van der Waals surface area contributed by atoms with Gasteiger partial charge in [-0.25, -0.2) is 8.78 Å². The van der Waals surface area contributed by atoms with Gasteiger partial charge in [0, 0.05) is 6.07 Å². The number of benzene rings is 1. The lowest BCUT2D eigenvalue weighted by Crippen LogP contribution is -2.04. The minimum absolute atomic E-state index is 0.0696. The highest BCUT2D eigenvalue weighted by Gasteiger charge is 2.06. The van der Waals surface area contributed by atoms with Crippen LogP contribution in [0.3, 0.4) is 0 Å². The van der Waals surface area contributed by atoms with Crippen molar-refractivity contribution < 1.29 is 8.78 Å². The number of hydrogen-bond acceptors (Lipinski definition) is 1. The van der Waals surface area contributed by atoms with E-state index in [4.69, 9.17) is 17.3 Å². The third-order valence-corrected chi connectivity index (χ3v) is 1.79. The third-order valence-electron chi connectivity index (χ3n) is 1.50. The molecule has 0 bridgehead atoms. The van der Waals surface area contributed by atoms with E-state index in [2.05, 4.69) is 0 Å². The van der Waals surface area contributed by atoms with Gasteiger partial charge in [-0.15, -0.1) is 0 Å². The van der Waals surface area contributed by atoms with Crippen molar-refractivity contribution in [3.8, 4) is 0 Å². The first-order chi connectivity index (χ1) is 5.65. The lowest BCUT2D eigenvalue weighted by Gasteiger charge is -2.02. The van der Waals surface area contributed by atoms with Gasteiger partial charge in [0.2, 0.25) is 0 Å². The maximum atomic E-state index is 12.9.